The van der Waals surface area contributed by atoms with E-state index in [1.54, 1.807) is 6.08 Å². The van der Waals surface area contributed by atoms with E-state index in [0.717, 1.165) is 70.6 Å². The van der Waals surface area contributed by atoms with Gasteiger partial charge < -0.3 is 65.1 Å². The van der Waals surface area contributed by atoms with Crippen LogP contribution in [0.25, 0.3) is 0 Å². The minimum Gasteiger partial charge on any atom is -0.394 e. The number of aliphatic hydroxyl groups is 8. The molecule has 0 spiro atoms. The van der Waals surface area contributed by atoms with E-state index in [4.69, 9.17) is 18.9 Å². The summed E-state index contributed by atoms with van der Waals surface area (Å²) in [6.07, 6.45) is 84.1. The van der Waals surface area contributed by atoms with Crippen LogP contribution in [0.4, 0.5) is 0 Å². The smallest absolute Gasteiger partial charge is 0.220 e. The molecule has 2 aliphatic heterocycles. The molecule has 9 N–H and O–H groups in total. The van der Waals surface area contributed by atoms with E-state index in [2.05, 4.69) is 92.1 Å². The number of carbonyl (C=O) groups is 1. The highest BCUT2D eigenvalue weighted by molar-refractivity contribution is 5.76. The Morgan fingerprint density at radius 1 is 0.363 bits per heavy atom. The van der Waals surface area contributed by atoms with Crippen LogP contribution >= 0.6 is 0 Å². The van der Waals surface area contributed by atoms with E-state index in [0.29, 0.717) is 12.8 Å². The maximum atomic E-state index is 13.4. The fourth-order valence-electron chi connectivity index (χ4n) is 13.9. The van der Waals surface area contributed by atoms with Gasteiger partial charge in [-0.3, -0.25) is 4.79 Å². The normalized spacial score (nSPS) is 22.1. The third kappa shape index (κ3) is 53.0. The topological polar surface area (TPSA) is 228 Å². The fraction of sp³-hybridized carbons (Fsp3) is 0.830. The first-order chi connectivity index (χ1) is 50.1. The van der Waals surface area contributed by atoms with Crippen LogP contribution in [-0.4, -0.2) is 140 Å². The predicted octanol–water partition coefficient (Wildman–Crippen LogP) is 20.3. The molecule has 14 nitrogen and oxygen atoms in total. The first-order valence-electron chi connectivity index (χ1n) is 42.8. The van der Waals surface area contributed by atoms with Crippen molar-refractivity contribution in [3.05, 3.63) is 85.1 Å². The molecule has 2 fully saturated rings. The van der Waals surface area contributed by atoms with Crippen LogP contribution in [0, 0.1) is 0 Å². The van der Waals surface area contributed by atoms with Crippen molar-refractivity contribution in [3.63, 3.8) is 0 Å². The van der Waals surface area contributed by atoms with Crippen molar-refractivity contribution < 1.29 is 64.6 Å². The van der Waals surface area contributed by atoms with Crippen molar-refractivity contribution in [2.24, 2.45) is 0 Å². The van der Waals surface area contributed by atoms with Crippen LogP contribution in [0.5, 0.6) is 0 Å². The Morgan fingerprint density at radius 2 is 0.686 bits per heavy atom. The summed E-state index contributed by atoms with van der Waals surface area (Å²) >= 11 is 0. The number of rotatable bonds is 72. The van der Waals surface area contributed by atoms with Gasteiger partial charge in [-0.15, -0.1) is 0 Å². The third-order valence-corrected chi connectivity index (χ3v) is 20.5. The number of hydrogen-bond acceptors (Lipinski definition) is 13. The summed E-state index contributed by atoms with van der Waals surface area (Å²) < 4.78 is 22.9. The summed E-state index contributed by atoms with van der Waals surface area (Å²) in [5.74, 6) is -0.248. The molecule has 102 heavy (non-hydrogen) atoms. The lowest BCUT2D eigenvalue weighted by molar-refractivity contribution is -0.359. The zero-order valence-electron chi connectivity index (χ0n) is 65.3. The second-order valence-corrected chi connectivity index (χ2v) is 29.9. The third-order valence-electron chi connectivity index (χ3n) is 20.5. The molecule has 0 aromatic heterocycles. The highest BCUT2D eigenvalue weighted by Gasteiger charge is 2.51. The van der Waals surface area contributed by atoms with Gasteiger partial charge in [0.05, 0.1) is 32.0 Å². The van der Waals surface area contributed by atoms with Gasteiger partial charge in [0.1, 0.15) is 48.8 Å². The average Bonchev–Trinajstić information content (AvgIpc) is 0.790. The number of hydrogen-bond donors (Lipinski definition) is 9. The van der Waals surface area contributed by atoms with E-state index in [1.807, 2.05) is 6.08 Å². The molecule has 0 aromatic carbocycles. The van der Waals surface area contributed by atoms with Gasteiger partial charge in [0.25, 0.3) is 0 Å². The lowest BCUT2D eigenvalue weighted by Gasteiger charge is -2.46. The Kier molecular flexibility index (Phi) is 66.4. The van der Waals surface area contributed by atoms with Gasteiger partial charge >= 0.3 is 0 Å². The molecule has 0 radical (unpaired) electrons. The number of amides is 1. The number of carbonyl (C=O) groups excluding carboxylic acids is 1. The number of allylic oxidation sites excluding steroid dienone is 13. The van der Waals surface area contributed by atoms with Crippen molar-refractivity contribution in [1.82, 2.24) is 5.32 Å². The number of aliphatic hydroxyl groups excluding tert-OH is 8. The molecule has 0 saturated carbocycles. The number of unbranched alkanes of at least 4 members (excludes halogenated alkanes) is 47. The molecular formula is C88H159NO13. The maximum Gasteiger partial charge on any atom is 0.220 e. The average molecular weight is 1440 g/mol. The van der Waals surface area contributed by atoms with Gasteiger partial charge in [-0.25, -0.2) is 0 Å². The highest BCUT2D eigenvalue weighted by atomic mass is 16.7. The molecule has 2 rings (SSSR count). The Bertz CT molecular complexity index is 2040. The molecule has 12 atom stereocenters. The fourth-order valence-corrected chi connectivity index (χ4v) is 13.9. The van der Waals surface area contributed by atoms with Crippen LogP contribution in [-0.2, 0) is 23.7 Å². The molecular weight excluding hydrogens is 1280 g/mol. The Balaban J connectivity index is 1.60. The largest absolute Gasteiger partial charge is 0.394 e. The standard InChI is InChI=1S/C88H159NO13/c1-3-5-7-9-11-13-15-17-19-21-23-25-27-29-31-33-35-36-37-38-39-40-42-44-46-48-50-52-54-56-58-60-62-64-66-68-70-72-80(93)89-76(75-99-87-85(98)83(96)86(79(74-91)101-87)102-88-84(97)82(95)81(94)78(73-90)100-88)77(92)71-69-67-65-63-61-59-57-55-53-51-49-47-45-43-41-34-32-30-28-26-24-22-20-18-16-14-12-10-8-6-4-2/h5,7,11,13,17,19,23,25,53,55,61,63,69,71,76-79,81-88,90-92,94-98H,3-4,6,8-10,12,14-16,18,20-22,24,26-52,54,56-60,62,64-68,70,72-75H2,1-2H3,(H,89,93)/b7-5-,13-11-,19-17-,25-23-,55-53+,63-61+,71-69+. The summed E-state index contributed by atoms with van der Waals surface area (Å²) in [4.78, 5) is 13.4. The quantitative estimate of drug-likeness (QED) is 0.0204. The highest BCUT2D eigenvalue weighted by Crippen LogP contribution is 2.30. The SMILES string of the molecule is CC/C=C\C/C=C\C/C=C\C/C=C\CCCCCCCCCCCCCCCCCCCCCCCCCCC(=O)NC(COC1OC(CO)C(OC2OC(CO)C(O)C(O)C2O)C(O)C1O)C(O)/C=C/CC/C=C/CC/C=C/CCCCCCCCCCCCCCCCCCCCCCC. The van der Waals surface area contributed by atoms with Gasteiger partial charge in [-0.2, -0.15) is 0 Å². The molecule has 2 saturated heterocycles. The van der Waals surface area contributed by atoms with E-state index in [9.17, 15) is 45.6 Å². The molecule has 2 aliphatic rings. The number of nitrogens with one attached hydrogen (secondary N) is 1. The Labute approximate surface area is 624 Å². The van der Waals surface area contributed by atoms with Crippen LogP contribution < -0.4 is 5.32 Å². The second-order valence-electron chi connectivity index (χ2n) is 29.9. The van der Waals surface area contributed by atoms with Crippen LogP contribution in [0.2, 0.25) is 0 Å². The van der Waals surface area contributed by atoms with Crippen molar-refractivity contribution in [1.29, 1.82) is 0 Å². The predicted molar refractivity (Wildman–Crippen MR) is 424 cm³/mol. The first kappa shape index (κ1) is 95.2. The van der Waals surface area contributed by atoms with Gasteiger partial charge in [0, 0.05) is 6.42 Å². The molecule has 1 amide bonds. The van der Waals surface area contributed by atoms with E-state index in [-0.39, 0.29) is 18.9 Å². The summed E-state index contributed by atoms with van der Waals surface area (Å²) in [6.45, 7) is 2.72. The number of ether oxygens (including phenoxy) is 4. The minimum atomic E-state index is -1.80. The summed E-state index contributed by atoms with van der Waals surface area (Å²) in [5, 5.41) is 87.7. The lowest BCUT2D eigenvalue weighted by atomic mass is 9.97. The molecule has 0 bridgehead atoms. The Hall–Kier alpha value is -2.83. The molecule has 12 unspecified atom stereocenters. The summed E-state index contributed by atoms with van der Waals surface area (Å²) in [7, 11) is 0. The molecule has 594 valence electrons. The van der Waals surface area contributed by atoms with Crippen LogP contribution in [0.3, 0.4) is 0 Å². The molecule has 0 aromatic rings. The van der Waals surface area contributed by atoms with Crippen LogP contribution in [0.1, 0.15) is 373 Å². The lowest BCUT2D eigenvalue weighted by Crippen LogP contribution is -2.65. The second kappa shape index (κ2) is 71.1. The van der Waals surface area contributed by atoms with Gasteiger partial charge in [0.2, 0.25) is 5.91 Å². The van der Waals surface area contributed by atoms with Crippen LogP contribution in [0.15, 0.2) is 85.1 Å². The summed E-state index contributed by atoms with van der Waals surface area (Å²) in [6, 6.07) is -0.942. The van der Waals surface area contributed by atoms with Gasteiger partial charge in [0.15, 0.2) is 12.6 Å². The van der Waals surface area contributed by atoms with Crippen molar-refractivity contribution in [2.75, 3.05) is 19.8 Å². The van der Waals surface area contributed by atoms with E-state index >= 15 is 0 Å². The van der Waals surface area contributed by atoms with Crippen molar-refractivity contribution in [3.8, 4) is 0 Å². The maximum absolute atomic E-state index is 13.4. The van der Waals surface area contributed by atoms with E-state index < -0.39 is 86.8 Å². The van der Waals surface area contributed by atoms with Crippen molar-refractivity contribution >= 4 is 5.91 Å². The molecule has 0 aliphatic carbocycles. The monoisotopic (exact) mass is 1440 g/mol. The van der Waals surface area contributed by atoms with Gasteiger partial charge in [-0.05, 0) is 83.5 Å². The zero-order chi connectivity index (χ0) is 73.7. The van der Waals surface area contributed by atoms with Gasteiger partial charge in [-0.1, -0.05) is 369 Å². The zero-order valence-corrected chi connectivity index (χ0v) is 65.3. The van der Waals surface area contributed by atoms with E-state index in [1.165, 1.54) is 270 Å². The molecule has 2 heterocycles. The minimum absolute atomic E-state index is 0.248. The Morgan fingerprint density at radius 3 is 1.08 bits per heavy atom. The van der Waals surface area contributed by atoms with Crippen molar-refractivity contribution in [2.45, 2.75) is 447 Å². The first-order valence-corrected chi connectivity index (χ1v) is 42.8. The molecule has 14 heteroatoms. The summed E-state index contributed by atoms with van der Waals surface area (Å²) in [5.41, 5.74) is 0.